The van der Waals surface area contributed by atoms with Gasteiger partial charge in [0, 0.05) is 43.8 Å². The molecule has 0 unspecified atom stereocenters. The summed E-state index contributed by atoms with van der Waals surface area (Å²) in [6.07, 6.45) is 2.16. The Labute approximate surface area is 157 Å². The SMILES string of the molecule is Cc1cccc(-n2cccc2CN(CCN(C)C)Cc2ccccc2)c1. The van der Waals surface area contributed by atoms with Crippen molar-refractivity contribution >= 4 is 0 Å². The maximum absolute atomic E-state index is 2.52. The summed E-state index contributed by atoms with van der Waals surface area (Å²) in [7, 11) is 4.27. The first kappa shape index (κ1) is 18.4. The van der Waals surface area contributed by atoms with Crippen LogP contribution in [-0.4, -0.2) is 41.6 Å². The zero-order chi connectivity index (χ0) is 18.4. The van der Waals surface area contributed by atoms with Crippen LogP contribution in [0.2, 0.25) is 0 Å². The van der Waals surface area contributed by atoms with E-state index in [-0.39, 0.29) is 0 Å². The summed E-state index contributed by atoms with van der Waals surface area (Å²) in [5.74, 6) is 0. The van der Waals surface area contributed by atoms with Gasteiger partial charge in [-0.05, 0) is 56.4 Å². The van der Waals surface area contributed by atoms with E-state index in [0.29, 0.717) is 0 Å². The third kappa shape index (κ3) is 5.07. The van der Waals surface area contributed by atoms with Gasteiger partial charge in [-0.25, -0.2) is 0 Å². The first-order valence-electron chi connectivity index (χ1n) is 9.26. The van der Waals surface area contributed by atoms with Gasteiger partial charge in [-0.1, -0.05) is 42.5 Å². The quantitative estimate of drug-likeness (QED) is 0.600. The monoisotopic (exact) mass is 347 g/mol. The fourth-order valence-corrected chi connectivity index (χ4v) is 3.20. The lowest BCUT2D eigenvalue weighted by molar-refractivity contribution is 0.223. The average Bonchev–Trinajstić information content (AvgIpc) is 3.09. The van der Waals surface area contributed by atoms with Crippen molar-refractivity contribution in [1.82, 2.24) is 14.4 Å². The number of benzene rings is 2. The molecule has 0 saturated carbocycles. The normalized spacial score (nSPS) is 11.4. The highest BCUT2D eigenvalue weighted by molar-refractivity contribution is 5.38. The van der Waals surface area contributed by atoms with Crippen LogP contribution in [0.4, 0.5) is 0 Å². The van der Waals surface area contributed by atoms with Gasteiger partial charge >= 0.3 is 0 Å². The van der Waals surface area contributed by atoms with Crippen molar-refractivity contribution in [2.45, 2.75) is 20.0 Å². The van der Waals surface area contributed by atoms with E-state index in [1.165, 1.54) is 22.5 Å². The predicted molar refractivity (Wildman–Crippen MR) is 110 cm³/mol. The van der Waals surface area contributed by atoms with Crippen molar-refractivity contribution in [3.05, 3.63) is 89.7 Å². The molecule has 1 heterocycles. The Morgan fingerprint density at radius 1 is 0.808 bits per heavy atom. The van der Waals surface area contributed by atoms with Crippen molar-refractivity contribution in [1.29, 1.82) is 0 Å². The molecule has 0 radical (unpaired) electrons. The highest BCUT2D eigenvalue weighted by Gasteiger charge is 2.11. The van der Waals surface area contributed by atoms with Crippen LogP contribution in [-0.2, 0) is 13.1 Å². The Morgan fingerprint density at radius 3 is 2.35 bits per heavy atom. The summed E-state index contributed by atoms with van der Waals surface area (Å²) in [5, 5.41) is 0. The molecule has 3 nitrogen and oxygen atoms in total. The summed E-state index contributed by atoms with van der Waals surface area (Å²) in [5.41, 5.74) is 5.21. The Kier molecular flexibility index (Phi) is 6.26. The molecule has 0 fully saturated rings. The van der Waals surface area contributed by atoms with Crippen LogP contribution in [0.25, 0.3) is 5.69 Å². The fourth-order valence-electron chi connectivity index (χ4n) is 3.20. The molecule has 0 aliphatic carbocycles. The van der Waals surface area contributed by atoms with Crippen LogP contribution in [0.5, 0.6) is 0 Å². The highest BCUT2D eigenvalue weighted by Crippen LogP contribution is 2.17. The van der Waals surface area contributed by atoms with E-state index in [0.717, 1.165) is 26.2 Å². The summed E-state index contributed by atoms with van der Waals surface area (Å²) >= 11 is 0. The van der Waals surface area contributed by atoms with Gasteiger partial charge in [-0.15, -0.1) is 0 Å². The second kappa shape index (κ2) is 8.84. The Balaban J connectivity index is 1.79. The molecular formula is C23H29N3. The van der Waals surface area contributed by atoms with Gasteiger partial charge in [0.2, 0.25) is 0 Å². The molecule has 3 aromatic rings. The highest BCUT2D eigenvalue weighted by atomic mass is 15.2. The number of aromatic nitrogens is 1. The minimum atomic E-state index is 0.934. The van der Waals surface area contributed by atoms with E-state index >= 15 is 0 Å². The lowest BCUT2D eigenvalue weighted by Gasteiger charge is -2.25. The second-order valence-corrected chi connectivity index (χ2v) is 7.21. The molecule has 1 aromatic heterocycles. The maximum atomic E-state index is 2.52. The van der Waals surface area contributed by atoms with Gasteiger partial charge in [0.25, 0.3) is 0 Å². The van der Waals surface area contributed by atoms with Crippen LogP contribution in [0.15, 0.2) is 72.9 Å². The van der Waals surface area contributed by atoms with Crippen molar-refractivity contribution in [3.8, 4) is 5.69 Å². The number of hydrogen-bond acceptors (Lipinski definition) is 2. The number of aryl methyl sites for hydroxylation is 1. The lowest BCUT2D eigenvalue weighted by atomic mass is 10.2. The van der Waals surface area contributed by atoms with E-state index in [1.807, 2.05) is 0 Å². The fraction of sp³-hybridized carbons (Fsp3) is 0.304. The van der Waals surface area contributed by atoms with Crippen LogP contribution >= 0.6 is 0 Å². The van der Waals surface area contributed by atoms with Crippen LogP contribution < -0.4 is 0 Å². The van der Waals surface area contributed by atoms with Crippen molar-refractivity contribution in [2.75, 3.05) is 27.2 Å². The molecule has 26 heavy (non-hydrogen) atoms. The molecule has 3 heteroatoms. The largest absolute Gasteiger partial charge is 0.320 e. The minimum Gasteiger partial charge on any atom is -0.320 e. The second-order valence-electron chi connectivity index (χ2n) is 7.21. The standard InChI is InChI=1S/C23H29N3/c1-20-9-7-12-22(17-20)26-14-8-13-23(26)19-25(16-15-24(2)3)18-21-10-5-4-6-11-21/h4-14,17H,15-16,18-19H2,1-3H3. The molecule has 2 aromatic carbocycles. The Hall–Kier alpha value is -2.36. The van der Waals surface area contributed by atoms with Crippen molar-refractivity contribution in [2.24, 2.45) is 0 Å². The molecule has 0 saturated heterocycles. The van der Waals surface area contributed by atoms with Crippen LogP contribution in [0.3, 0.4) is 0 Å². The Morgan fingerprint density at radius 2 is 1.62 bits per heavy atom. The average molecular weight is 348 g/mol. The number of hydrogen-bond donors (Lipinski definition) is 0. The number of nitrogens with zero attached hydrogens (tertiary/aromatic N) is 3. The van der Waals surface area contributed by atoms with E-state index in [2.05, 4.69) is 108 Å². The summed E-state index contributed by atoms with van der Waals surface area (Å²) in [6.45, 7) is 6.14. The molecule has 0 bridgehead atoms. The number of likely N-dealkylation sites (N-methyl/N-ethyl adjacent to an activating group) is 1. The van der Waals surface area contributed by atoms with E-state index in [9.17, 15) is 0 Å². The van der Waals surface area contributed by atoms with Crippen LogP contribution in [0.1, 0.15) is 16.8 Å². The third-order valence-electron chi connectivity index (χ3n) is 4.61. The number of rotatable bonds is 8. The summed E-state index contributed by atoms with van der Waals surface area (Å²) in [6, 6.07) is 23.8. The van der Waals surface area contributed by atoms with E-state index in [4.69, 9.17) is 0 Å². The van der Waals surface area contributed by atoms with Crippen molar-refractivity contribution < 1.29 is 0 Å². The first-order chi connectivity index (χ1) is 12.6. The predicted octanol–water partition coefficient (Wildman–Crippen LogP) is 4.35. The van der Waals surface area contributed by atoms with Gasteiger partial charge in [-0.3, -0.25) is 4.90 Å². The maximum Gasteiger partial charge on any atom is 0.0455 e. The molecule has 0 aliphatic heterocycles. The lowest BCUT2D eigenvalue weighted by Crippen LogP contribution is -2.31. The van der Waals surface area contributed by atoms with E-state index < -0.39 is 0 Å². The Bertz CT molecular complexity index is 805. The first-order valence-corrected chi connectivity index (χ1v) is 9.26. The zero-order valence-corrected chi connectivity index (χ0v) is 16.1. The summed E-state index contributed by atoms with van der Waals surface area (Å²) < 4.78 is 2.31. The molecule has 136 valence electrons. The zero-order valence-electron chi connectivity index (χ0n) is 16.1. The topological polar surface area (TPSA) is 11.4 Å². The van der Waals surface area contributed by atoms with Crippen LogP contribution in [0, 0.1) is 6.92 Å². The smallest absolute Gasteiger partial charge is 0.0455 e. The van der Waals surface area contributed by atoms with Crippen molar-refractivity contribution in [3.63, 3.8) is 0 Å². The molecule has 0 amide bonds. The molecule has 0 N–H and O–H groups in total. The molecule has 0 aliphatic rings. The van der Waals surface area contributed by atoms with Gasteiger partial charge < -0.3 is 9.47 Å². The van der Waals surface area contributed by atoms with E-state index in [1.54, 1.807) is 0 Å². The minimum absolute atomic E-state index is 0.934. The molecule has 3 rings (SSSR count). The molecule has 0 spiro atoms. The summed E-state index contributed by atoms with van der Waals surface area (Å²) in [4.78, 5) is 4.77. The van der Waals surface area contributed by atoms with Gasteiger partial charge in [0.1, 0.15) is 0 Å². The molecular weight excluding hydrogens is 318 g/mol. The third-order valence-corrected chi connectivity index (χ3v) is 4.61. The molecule has 0 atom stereocenters. The van der Waals surface area contributed by atoms with Gasteiger partial charge in [0.05, 0.1) is 0 Å². The van der Waals surface area contributed by atoms with Gasteiger partial charge in [-0.2, -0.15) is 0 Å². The van der Waals surface area contributed by atoms with Gasteiger partial charge in [0.15, 0.2) is 0 Å².